The second kappa shape index (κ2) is 6.75. The lowest BCUT2D eigenvalue weighted by Gasteiger charge is -2.15. The van der Waals surface area contributed by atoms with Crippen molar-refractivity contribution in [1.29, 1.82) is 0 Å². The minimum absolute atomic E-state index is 0.0166. The maximum atomic E-state index is 12.5. The van der Waals surface area contributed by atoms with Gasteiger partial charge in [-0.3, -0.25) is 9.69 Å². The molecular formula is C19H20NO2. The van der Waals surface area contributed by atoms with Crippen LogP contribution in [0.2, 0.25) is 0 Å². The molecule has 2 aromatic carbocycles. The molecule has 1 aliphatic rings. The van der Waals surface area contributed by atoms with Crippen LogP contribution in [0.3, 0.4) is 0 Å². The van der Waals surface area contributed by atoms with Gasteiger partial charge >= 0.3 is 0 Å². The van der Waals surface area contributed by atoms with E-state index in [9.17, 15) is 4.79 Å². The fourth-order valence-electron chi connectivity index (χ4n) is 2.83. The molecule has 1 aliphatic heterocycles. The molecule has 1 radical (unpaired) electrons. The number of Topliss-reactive ketones (excluding diaryl/α,β-unsaturated/α-hetero) is 1. The van der Waals surface area contributed by atoms with E-state index in [1.807, 2.05) is 30.3 Å². The van der Waals surface area contributed by atoms with Crippen molar-refractivity contribution in [1.82, 2.24) is 4.90 Å². The molecule has 3 nitrogen and oxygen atoms in total. The Hall–Kier alpha value is -2.13. The Labute approximate surface area is 131 Å². The van der Waals surface area contributed by atoms with Crippen LogP contribution in [0.4, 0.5) is 0 Å². The van der Waals surface area contributed by atoms with Crippen molar-refractivity contribution in [2.75, 3.05) is 20.2 Å². The fourth-order valence-corrected chi connectivity index (χ4v) is 2.83. The Bertz CT molecular complexity index is 622. The maximum Gasteiger partial charge on any atom is 0.167 e. The zero-order chi connectivity index (χ0) is 15.4. The van der Waals surface area contributed by atoms with Gasteiger partial charge in [0.1, 0.15) is 5.75 Å². The summed E-state index contributed by atoms with van der Waals surface area (Å²) < 4.78 is 5.13. The molecule has 0 aliphatic carbocycles. The molecular weight excluding hydrogens is 274 g/mol. The molecule has 1 heterocycles. The van der Waals surface area contributed by atoms with E-state index in [1.54, 1.807) is 7.11 Å². The molecule has 0 aromatic heterocycles. The van der Waals surface area contributed by atoms with Gasteiger partial charge in [-0.2, -0.15) is 0 Å². The number of carbonyl (C=O) groups is 1. The Morgan fingerprint density at radius 1 is 1.14 bits per heavy atom. The monoisotopic (exact) mass is 294 g/mol. The second-order valence-electron chi connectivity index (χ2n) is 5.61. The van der Waals surface area contributed by atoms with Gasteiger partial charge in [-0.15, -0.1) is 0 Å². The summed E-state index contributed by atoms with van der Waals surface area (Å²) in [5.41, 5.74) is 2.04. The molecule has 1 unspecified atom stereocenters. The first-order chi connectivity index (χ1) is 10.8. The van der Waals surface area contributed by atoms with Crippen LogP contribution in [0.15, 0.2) is 54.6 Å². The molecule has 0 N–H and O–H groups in total. The predicted molar refractivity (Wildman–Crippen MR) is 86.8 cm³/mol. The van der Waals surface area contributed by atoms with E-state index >= 15 is 0 Å². The summed E-state index contributed by atoms with van der Waals surface area (Å²) in [5, 5.41) is 0. The Kier molecular flexibility index (Phi) is 4.54. The number of ether oxygens (including phenoxy) is 1. The third-order valence-electron chi connectivity index (χ3n) is 4.06. The number of rotatable bonds is 5. The fraction of sp³-hybridized carbons (Fsp3) is 0.263. The lowest BCUT2D eigenvalue weighted by Crippen LogP contribution is -2.23. The van der Waals surface area contributed by atoms with Crippen molar-refractivity contribution in [3.8, 4) is 5.75 Å². The Morgan fingerprint density at radius 2 is 1.86 bits per heavy atom. The summed E-state index contributed by atoms with van der Waals surface area (Å²) >= 11 is 0. The van der Waals surface area contributed by atoms with Crippen molar-refractivity contribution in [3.63, 3.8) is 0 Å². The van der Waals surface area contributed by atoms with E-state index in [2.05, 4.69) is 35.6 Å². The van der Waals surface area contributed by atoms with Gasteiger partial charge in [-0.05, 0) is 36.2 Å². The van der Waals surface area contributed by atoms with Gasteiger partial charge in [0, 0.05) is 31.1 Å². The predicted octanol–water partition coefficient (Wildman–Crippen LogP) is 3.21. The first-order valence-electron chi connectivity index (χ1n) is 7.54. The second-order valence-corrected chi connectivity index (χ2v) is 5.61. The summed E-state index contributed by atoms with van der Waals surface area (Å²) in [6.45, 7) is 2.55. The zero-order valence-electron chi connectivity index (χ0n) is 12.7. The number of benzene rings is 2. The smallest absolute Gasteiger partial charge is 0.167 e. The molecule has 0 amide bonds. The third kappa shape index (κ3) is 3.37. The molecule has 22 heavy (non-hydrogen) atoms. The first-order valence-corrected chi connectivity index (χ1v) is 7.54. The molecule has 2 aromatic rings. The summed E-state index contributed by atoms with van der Waals surface area (Å²) in [6.07, 6.45) is 2.12. The number of ketones is 1. The highest BCUT2D eigenvalue weighted by atomic mass is 16.5. The quantitative estimate of drug-likeness (QED) is 0.793. The molecule has 113 valence electrons. The molecule has 1 fully saturated rings. The minimum Gasteiger partial charge on any atom is -0.497 e. The van der Waals surface area contributed by atoms with Gasteiger partial charge < -0.3 is 4.74 Å². The summed E-state index contributed by atoms with van der Waals surface area (Å²) in [4.78, 5) is 14.9. The van der Waals surface area contributed by atoms with E-state index < -0.39 is 0 Å². The number of carbonyl (C=O) groups excluding carboxylic acids is 1. The molecule has 3 rings (SSSR count). The van der Waals surface area contributed by atoms with E-state index in [0.29, 0.717) is 0 Å². The maximum absolute atomic E-state index is 12.5. The summed E-state index contributed by atoms with van der Waals surface area (Å²) in [6, 6.07) is 17.7. The van der Waals surface area contributed by atoms with Crippen molar-refractivity contribution in [2.45, 2.75) is 6.54 Å². The first kappa shape index (κ1) is 14.8. The van der Waals surface area contributed by atoms with E-state index in [1.165, 1.54) is 5.56 Å². The van der Waals surface area contributed by atoms with E-state index in [-0.39, 0.29) is 11.7 Å². The van der Waals surface area contributed by atoms with Gasteiger partial charge in [0.25, 0.3) is 0 Å². The summed E-state index contributed by atoms with van der Waals surface area (Å²) in [7, 11) is 1.63. The average Bonchev–Trinajstić information content (AvgIpc) is 3.04. The zero-order valence-corrected chi connectivity index (χ0v) is 12.7. The topological polar surface area (TPSA) is 29.5 Å². The highest BCUT2D eigenvalue weighted by Gasteiger charge is 2.29. The molecule has 1 atom stereocenters. The van der Waals surface area contributed by atoms with Crippen molar-refractivity contribution >= 4 is 5.78 Å². The molecule has 0 bridgehead atoms. The third-order valence-corrected chi connectivity index (χ3v) is 4.06. The number of likely N-dealkylation sites (tertiary alicyclic amines) is 1. The van der Waals surface area contributed by atoms with Crippen LogP contribution >= 0.6 is 0 Å². The van der Waals surface area contributed by atoms with E-state index in [4.69, 9.17) is 4.74 Å². The Balaban J connectivity index is 1.60. The van der Waals surface area contributed by atoms with Crippen LogP contribution in [-0.4, -0.2) is 30.9 Å². The SMILES string of the molecule is COc1ccc(C(=O)C2[CH]CN(Cc3ccccc3)C2)cc1. The van der Waals surface area contributed by atoms with Gasteiger partial charge in [-0.25, -0.2) is 0 Å². The van der Waals surface area contributed by atoms with Gasteiger partial charge in [0.05, 0.1) is 7.11 Å². The molecule has 3 heteroatoms. The number of hydrogen-bond acceptors (Lipinski definition) is 3. The normalized spacial score (nSPS) is 18.3. The number of methoxy groups -OCH3 is 1. The van der Waals surface area contributed by atoms with Gasteiger partial charge in [0.2, 0.25) is 0 Å². The minimum atomic E-state index is -0.0166. The van der Waals surface area contributed by atoms with Crippen molar-refractivity contribution < 1.29 is 9.53 Å². The van der Waals surface area contributed by atoms with Crippen molar-refractivity contribution in [2.24, 2.45) is 5.92 Å². The summed E-state index contributed by atoms with van der Waals surface area (Å²) in [5.74, 6) is 0.952. The lowest BCUT2D eigenvalue weighted by atomic mass is 9.97. The standard InChI is InChI=1S/C19H20NO2/c1-22-18-9-7-16(8-10-18)19(21)17-11-12-20(14-17)13-15-5-3-2-4-6-15/h2-11,17H,12-14H2,1H3. The number of hydrogen-bond donors (Lipinski definition) is 0. The average molecular weight is 294 g/mol. The highest BCUT2D eigenvalue weighted by Crippen LogP contribution is 2.23. The molecule has 0 saturated carbocycles. The lowest BCUT2D eigenvalue weighted by molar-refractivity contribution is 0.0935. The van der Waals surface area contributed by atoms with E-state index in [0.717, 1.165) is 30.9 Å². The molecule has 1 saturated heterocycles. The van der Waals surface area contributed by atoms with Crippen LogP contribution in [0.5, 0.6) is 5.75 Å². The van der Waals surface area contributed by atoms with Crippen LogP contribution < -0.4 is 4.74 Å². The number of nitrogens with zero attached hydrogens (tertiary/aromatic N) is 1. The van der Waals surface area contributed by atoms with Crippen LogP contribution in [-0.2, 0) is 6.54 Å². The van der Waals surface area contributed by atoms with Crippen LogP contribution in [0.25, 0.3) is 0 Å². The largest absolute Gasteiger partial charge is 0.497 e. The van der Waals surface area contributed by atoms with Crippen LogP contribution in [0, 0.1) is 12.3 Å². The Morgan fingerprint density at radius 3 is 2.55 bits per heavy atom. The molecule has 0 spiro atoms. The van der Waals surface area contributed by atoms with Crippen molar-refractivity contribution in [3.05, 3.63) is 72.1 Å². The van der Waals surface area contributed by atoms with Crippen LogP contribution in [0.1, 0.15) is 15.9 Å². The highest BCUT2D eigenvalue weighted by molar-refractivity contribution is 5.99. The van der Waals surface area contributed by atoms with Gasteiger partial charge in [0.15, 0.2) is 5.78 Å². The van der Waals surface area contributed by atoms with Gasteiger partial charge in [-0.1, -0.05) is 30.3 Å².